The van der Waals surface area contributed by atoms with Crippen LogP contribution < -0.4 is 5.32 Å². The second kappa shape index (κ2) is 6.43. The highest BCUT2D eigenvalue weighted by Gasteiger charge is 2.50. The molecule has 0 aromatic carbocycles. The second-order valence-corrected chi connectivity index (χ2v) is 7.46. The maximum absolute atomic E-state index is 12.2. The van der Waals surface area contributed by atoms with Gasteiger partial charge in [0.2, 0.25) is 5.91 Å². The summed E-state index contributed by atoms with van der Waals surface area (Å²) in [6.07, 6.45) is 4.45. The molecule has 1 aliphatic carbocycles. The standard InChI is InChI=1S/C18H26N4O2/c1-19-17(23)16-10-24-18(13-22(16)8-14-5-6-14)11-21(12-18)9-15-4-2-3-7-20-15/h2-4,7,14,16H,5-6,8-13H2,1H3,(H,19,23)/t16-/m0/s1. The van der Waals surface area contributed by atoms with Crippen molar-refractivity contribution in [3.8, 4) is 0 Å². The lowest BCUT2D eigenvalue weighted by atomic mass is 9.90. The number of nitrogens with zero attached hydrogens (tertiary/aromatic N) is 3. The van der Waals surface area contributed by atoms with E-state index in [0.717, 1.165) is 44.3 Å². The van der Waals surface area contributed by atoms with Crippen LogP contribution in [0.4, 0.5) is 0 Å². The fourth-order valence-corrected chi connectivity index (χ4v) is 3.91. The Balaban J connectivity index is 1.36. The largest absolute Gasteiger partial charge is 0.369 e. The van der Waals surface area contributed by atoms with E-state index in [9.17, 15) is 4.79 Å². The third-order valence-corrected chi connectivity index (χ3v) is 5.35. The smallest absolute Gasteiger partial charge is 0.239 e. The van der Waals surface area contributed by atoms with E-state index in [0.29, 0.717) is 6.61 Å². The molecule has 0 bridgehead atoms. The van der Waals surface area contributed by atoms with Crippen LogP contribution in [0.3, 0.4) is 0 Å². The molecule has 1 aromatic rings. The highest BCUT2D eigenvalue weighted by atomic mass is 16.5. The molecule has 4 rings (SSSR count). The molecule has 1 saturated carbocycles. The number of aromatic nitrogens is 1. The first-order valence-corrected chi connectivity index (χ1v) is 8.89. The third-order valence-electron chi connectivity index (χ3n) is 5.35. The number of nitrogens with one attached hydrogen (secondary N) is 1. The summed E-state index contributed by atoms with van der Waals surface area (Å²) in [6.45, 7) is 5.11. The summed E-state index contributed by atoms with van der Waals surface area (Å²) in [4.78, 5) is 21.3. The van der Waals surface area contributed by atoms with Crippen LogP contribution in [0.15, 0.2) is 24.4 Å². The first-order valence-electron chi connectivity index (χ1n) is 8.89. The van der Waals surface area contributed by atoms with Crippen LogP contribution in [0.1, 0.15) is 18.5 Å². The molecule has 0 unspecified atom stereocenters. The lowest BCUT2D eigenvalue weighted by molar-refractivity contribution is -0.203. The summed E-state index contributed by atoms with van der Waals surface area (Å²) >= 11 is 0. The maximum Gasteiger partial charge on any atom is 0.239 e. The molecular weight excluding hydrogens is 304 g/mol. The molecule has 6 heteroatoms. The highest BCUT2D eigenvalue weighted by molar-refractivity contribution is 5.81. The Morgan fingerprint density at radius 2 is 2.21 bits per heavy atom. The number of pyridine rings is 1. The zero-order valence-corrected chi connectivity index (χ0v) is 14.3. The molecule has 1 atom stereocenters. The first kappa shape index (κ1) is 16.0. The Labute approximate surface area is 143 Å². The van der Waals surface area contributed by atoms with Gasteiger partial charge in [-0.3, -0.25) is 19.6 Å². The van der Waals surface area contributed by atoms with Gasteiger partial charge in [-0.15, -0.1) is 0 Å². The summed E-state index contributed by atoms with van der Waals surface area (Å²) < 4.78 is 6.17. The molecule has 0 radical (unpaired) electrons. The molecule has 3 fully saturated rings. The number of hydrogen-bond donors (Lipinski definition) is 1. The van der Waals surface area contributed by atoms with Crippen molar-refractivity contribution < 1.29 is 9.53 Å². The van der Waals surface area contributed by atoms with Gasteiger partial charge in [-0.05, 0) is 30.9 Å². The Bertz CT molecular complexity index is 584. The Morgan fingerprint density at radius 1 is 1.38 bits per heavy atom. The van der Waals surface area contributed by atoms with Gasteiger partial charge in [-0.1, -0.05) is 6.07 Å². The Morgan fingerprint density at radius 3 is 2.88 bits per heavy atom. The molecule has 1 aromatic heterocycles. The average molecular weight is 330 g/mol. The predicted molar refractivity (Wildman–Crippen MR) is 90.3 cm³/mol. The molecule has 3 aliphatic rings. The number of amides is 1. The minimum absolute atomic E-state index is 0.0789. The number of hydrogen-bond acceptors (Lipinski definition) is 5. The quantitative estimate of drug-likeness (QED) is 0.852. The van der Waals surface area contributed by atoms with Gasteiger partial charge in [0.05, 0.1) is 12.3 Å². The summed E-state index contributed by atoms with van der Waals surface area (Å²) in [7, 11) is 1.71. The van der Waals surface area contributed by atoms with Gasteiger partial charge in [0.15, 0.2) is 0 Å². The highest BCUT2D eigenvalue weighted by Crippen LogP contribution is 2.36. The molecule has 3 heterocycles. The molecule has 2 aliphatic heterocycles. The summed E-state index contributed by atoms with van der Waals surface area (Å²) in [5.74, 6) is 0.854. The van der Waals surface area contributed by atoms with Gasteiger partial charge in [0, 0.05) is 46.0 Å². The minimum Gasteiger partial charge on any atom is -0.369 e. The van der Waals surface area contributed by atoms with Crippen molar-refractivity contribution in [3.05, 3.63) is 30.1 Å². The van der Waals surface area contributed by atoms with Crippen LogP contribution >= 0.6 is 0 Å². The zero-order valence-electron chi connectivity index (χ0n) is 14.3. The molecule has 2 saturated heterocycles. The number of likely N-dealkylation sites (N-methyl/N-ethyl adjacent to an activating group) is 1. The van der Waals surface area contributed by atoms with Gasteiger partial charge in [-0.25, -0.2) is 0 Å². The van der Waals surface area contributed by atoms with Gasteiger partial charge >= 0.3 is 0 Å². The first-order chi connectivity index (χ1) is 11.7. The fraction of sp³-hybridized carbons (Fsp3) is 0.667. The van der Waals surface area contributed by atoms with Crippen molar-refractivity contribution in [3.63, 3.8) is 0 Å². The van der Waals surface area contributed by atoms with E-state index in [2.05, 4.69) is 26.2 Å². The third kappa shape index (κ3) is 3.31. The fourth-order valence-electron chi connectivity index (χ4n) is 3.91. The van der Waals surface area contributed by atoms with Crippen molar-refractivity contribution in [1.82, 2.24) is 20.1 Å². The van der Waals surface area contributed by atoms with Crippen molar-refractivity contribution in [2.45, 2.75) is 31.0 Å². The number of ether oxygens (including phenoxy) is 1. The van der Waals surface area contributed by atoms with E-state index in [4.69, 9.17) is 4.74 Å². The van der Waals surface area contributed by atoms with Gasteiger partial charge in [0.25, 0.3) is 0 Å². The Hall–Kier alpha value is -1.50. The van der Waals surface area contributed by atoms with Gasteiger partial charge < -0.3 is 10.1 Å². The number of carbonyl (C=O) groups is 1. The second-order valence-electron chi connectivity index (χ2n) is 7.46. The van der Waals surface area contributed by atoms with Crippen LogP contribution in [0.25, 0.3) is 0 Å². The molecule has 1 amide bonds. The zero-order chi connectivity index (χ0) is 16.6. The van der Waals surface area contributed by atoms with Crippen LogP contribution in [0.5, 0.6) is 0 Å². The number of likely N-dealkylation sites (tertiary alicyclic amines) is 1. The minimum atomic E-state index is -0.133. The normalized spacial score (nSPS) is 27.0. The number of rotatable bonds is 5. The van der Waals surface area contributed by atoms with Crippen LogP contribution in [0, 0.1) is 5.92 Å². The van der Waals surface area contributed by atoms with Crippen molar-refractivity contribution in [1.29, 1.82) is 0 Å². The van der Waals surface area contributed by atoms with Crippen molar-refractivity contribution in [2.75, 3.05) is 39.8 Å². The molecule has 1 spiro atoms. The van der Waals surface area contributed by atoms with E-state index < -0.39 is 0 Å². The molecular formula is C18H26N4O2. The number of morpholine rings is 1. The van der Waals surface area contributed by atoms with E-state index in [-0.39, 0.29) is 17.6 Å². The maximum atomic E-state index is 12.2. The number of carbonyl (C=O) groups excluding carboxylic acids is 1. The SMILES string of the molecule is CNC(=O)[C@@H]1COC2(CN(Cc3ccccn3)C2)CN1CC1CC1. The topological polar surface area (TPSA) is 57.7 Å². The van der Waals surface area contributed by atoms with Gasteiger partial charge in [-0.2, -0.15) is 0 Å². The van der Waals surface area contributed by atoms with Crippen molar-refractivity contribution >= 4 is 5.91 Å². The van der Waals surface area contributed by atoms with Crippen LogP contribution in [0.2, 0.25) is 0 Å². The van der Waals surface area contributed by atoms with E-state index in [1.807, 2.05) is 18.3 Å². The van der Waals surface area contributed by atoms with Gasteiger partial charge in [0.1, 0.15) is 11.6 Å². The molecule has 24 heavy (non-hydrogen) atoms. The molecule has 1 N–H and O–H groups in total. The lowest BCUT2D eigenvalue weighted by Crippen LogP contribution is -2.72. The van der Waals surface area contributed by atoms with Crippen LogP contribution in [-0.2, 0) is 16.1 Å². The summed E-state index contributed by atoms with van der Waals surface area (Å²) in [5, 5.41) is 2.78. The summed E-state index contributed by atoms with van der Waals surface area (Å²) in [5.41, 5.74) is 0.995. The van der Waals surface area contributed by atoms with E-state index in [1.54, 1.807) is 7.05 Å². The molecule has 130 valence electrons. The summed E-state index contributed by atoms with van der Waals surface area (Å²) in [6, 6.07) is 5.90. The average Bonchev–Trinajstić information content (AvgIpc) is 3.38. The Kier molecular flexibility index (Phi) is 4.28. The molecule has 6 nitrogen and oxygen atoms in total. The monoisotopic (exact) mass is 330 g/mol. The van der Waals surface area contributed by atoms with E-state index in [1.165, 1.54) is 12.8 Å². The lowest BCUT2D eigenvalue weighted by Gasteiger charge is -2.55. The predicted octanol–water partition coefficient (Wildman–Crippen LogP) is 0.493. The van der Waals surface area contributed by atoms with Crippen molar-refractivity contribution in [2.24, 2.45) is 5.92 Å². The van der Waals surface area contributed by atoms with Crippen LogP contribution in [-0.4, -0.2) is 72.2 Å². The van der Waals surface area contributed by atoms with E-state index >= 15 is 0 Å².